The SMILES string of the molecule is CC(C)(C)Cn1nnc2c1CC[C@H]1[C@@H](CC2)[C@H]1COC(N)=O. The van der Waals surface area contributed by atoms with Gasteiger partial charge in [-0.15, -0.1) is 5.10 Å². The fourth-order valence-corrected chi connectivity index (χ4v) is 3.83. The van der Waals surface area contributed by atoms with Gasteiger partial charge in [0.2, 0.25) is 0 Å². The molecule has 2 aliphatic carbocycles. The lowest BCUT2D eigenvalue weighted by molar-refractivity contribution is 0.147. The van der Waals surface area contributed by atoms with Crippen LogP contribution >= 0.6 is 0 Å². The van der Waals surface area contributed by atoms with Crippen LogP contribution in [0.1, 0.15) is 45.0 Å². The van der Waals surface area contributed by atoms with Gasteiger partial charge >= 0.3 is 6.09 Å². The number of nitrogens with two attached hydrogens (primary N) is 1. The molecular formula is C16H26N4O2. The van der Waals surface area contributed by atoms with E-state index in [0.29, 0.717) is 24.4 Å². The summed E-state index contributed by atoms with van der Waals surface area (Å²) >= 11 is 0. The highest BCUT2D eigenvalue weighted by Crippen LogP contribution is 2.52. The van der Waals surface area contributed by atoms with E-state index in [4.69, 9.17) is 10.5 Å². The molecule has 3 rings (SSSR count). The summed E-state index contributed by atoms with van der Waals surface area (Å²) in [5.74, 6) is 1.80. The molecule has 6 nitrogen and oxygen atoms in total. The summed E-state index contributed by atoms with van der Waals surface area (Å²) in [6.07, 6.45) is 3.58. The first-order valence-electron chi connectivity index (χ1n) is 8.18. The van der Waals surface area contributed by atoms with Crippen LogP contribution < -0.4 is 5.73 Å². The van der Waals surface area contributed by atoms with Crippen molar-refractivity contribution in [3.05, 3.63) is 11.4 Å². The van der Waals surface area contributed by atoms with Crippen LogP contribution in [0.4, 0.5) is 4.79 Å². The van der Waals surface area contributed by atoms with E-state index in [1.165, 1.54) is 5.69 Å². The molecule has 1 fully saturated rings. The Balaban J connectivity index is 1.65. The Bertz CT molecular complexity index is 561. The van der Waals surface area contributed by atoms with Gasteiger partial charge in [0.25, 0.3) is 0 Å². The first kappa shape index (κ1) is 15.3. The molecule has 1 amide bonds. The molecule has 3 atom stereocenters. The molecule has 0 unspecified atom stereocenters. The summed E-state index contributed by atoms with van der Waals surface area (Å²) in [6, 6.07) is 0. The Kier molecular flexibility index (Phi) is 3.87. The number of nitrogens with zero attached hydrogens (tertiary/aromatic N) is 3. The van der Waals surface area contributed by atoms with Crippen LogP contribution in [-0.4, -0.2) is 27.7 Å². The summed E-state index contributed by atoms with van der Waals surface area (Å²) in [6.45, 7) is 8.04. The first-order chi connectivity index (χ1) is 10.3. The van der Waals surface area contributed by atoms with E-state index in [1.54, 1.807) is 0 Å². The molecule has 122 valence electrons. The maximum atomic E-state index is 10.8. The number of fused-ring (bicyclic) bond motifs is 2. The maximum absolute atomic E-state index is 10.8. The second-order valence-electron chi connectivity index (χ2n) is 7.90. The Hall–Kier alpha value is -1.59. The number of carbonyl (C=O) groups excluding carboxylic acids is 1. The Labute approximate surface area is 131 Å². The Morgan fingerprint density at radius 1 is 1.32 bits per heavy atom. The summed E-state index contributed by atoms with van der Waals surface area (Å²) < 4.78 is 7.08. The summed E-state index contributed by atoms with van der Waals surface area (Å²) in [7, 11) is 0. The van der Waals surface area contributed by atoms with Gasteiger partial charge in [-0.25, -0.2) is 9.48 Å². The summed E-state index contributed by atoms with van der Waals surface area (Å²) in [4.78, 5) is 10.8. The molecule has 22 heavy (non-hydrogen) atoms. The quantitative estimate of drug-likeness (QED) is 0.927. The van der Waals surface area contributed by atoms with Gasteiger partial charge in [0, 0.05) is 6.54 Å². The molecule has 2 aliphatic rings. The lowest BCUT2D eigenvalue weighted by Gasteiger charge is -2.20. The van der Waals surface area contributed by atoms with Crippen molar-refractivity contribution in [1.82, 2.24) is 15.0 Å². The van der Waals surface area contributed by atoms with E-state index < -0.39 is 6.09 Å². The van der Waals surface area contributed by atoms with Crippen molar-refractivity contribution in [3.63, 3.8) is 0 Å². The minimum atomic E-state index is -0.662. The van der Waals surface area contributed by atoms with Crippen LogP contribution in [0, 0.1) is 23.2 Å². The van der Waals surface area contributed by atoms with E-state index in [9.17, 15) is 4.79 Å². The lowest BCUT2D eigenvalue weighted by Crippen LogP contribution is -2.19. The second kappa shape index (κ2) is 5.56. The van der Waals surface area contributed by atoms with E-state index in [1.807, 2.05) is 0 Å². The molecule has 0 aliphatic heterocycles. The molecule has 0 saturated heterocycles. The number of hydrogen-bond acceptors (Lipinski definition) is 4. The van der Waals surface area contributed by atoms with Gasteiger partial charge in [-0.2, -0.15) is 0 Å². The van der Waals surface area contributed by atoms with Gasteiger partial charge in [-0.05, 0) is 48.9 Å². The summed E-state index contributed by atoms with van der Waals surface area (Å²) in [5.41, 5.74) is 7.72. The zero-order valence-corrected chi connectivity index (χ0v) is 13.7. The maximum Gasteiger partial charge on any atom is 0.404 e. The minimum absolute atomic E-state index is 0.198. The number of hydrogen-bond donors (Lipinski definition) is 1. The molecule has 6 heteroatoms. The molecule has 0 spiro atoms. The third-order valence-corrected chi connectivity index (χ3v) is 4.90. The number of aryl methyl sites for hydroxylation is 1. The van der Waals surface area contributed by atoms with Crippen LogP contribution in [0.2, 0.25) is 0 Å². The molecule has 2 N–H and O–H groups in total. The fourth-order valence-electron chi connectivity index (χ4n) is 3.83. The van der Waals surface area contributed by atoms with Crippen LogP contribution in [0.3, 0.4) is 0 Å². The van der Waals surface area contributed by atoms with Crippen molar-refractivity contribution in [2.75, 3.05) is 6.61 Å². The Morgan fingerprint density at radius 2 is 2.00 bits per heavy atom. The van der Waals surface area contributed by atoms with Gasteiger partial charge in [-0.3, -0.25) is 0 Å². The highest BCUT2D eigenvalue weighted by Gasteiger charge is 2.50. The van der Waals surface area contributed by atoms with Crippen LogP contribution in [0.15, 0.2) is 0 Å². The van der Waals surface area contributed by atoms with E-state index in [0.717, 1.165) is 37.9 Å². The van der Waals surface area contributed by atoms with Crippen molar-refractivity contribution < 1.29 is 9.53 Å². The third kappa shape index (κ3) is 3.25. The number of aromatic nitrogens is 3. The monoisotopic (exact) mass is 306 g/mol. The molecule has 1 aromatic heterocycles. The van der Waals surface area contributed by atoms with E-state index >= 15 is 0 Å². The first-order valence-corrected chi connectivity index (χ1v) is 8.18. The lowest BCUT2D eigenvalue weighted by atomic mass is 9.96. The molecule has 0 aromatic carbocycles. The highest BCUT2D eigenvalue weighted by molar-refractivity contribution is 5.64. The van der Waals surface area contributed by atoms with Crippen LogP contribution in [-0.2, 0) is 24.1 Å². The predicted molar refractivity (Wildman–Crippen MR) is 82.1 cm³/mol. The second-order valence-corrected chi connectivity index (χ2v) is 7.90. The number of ether oxygens (including phenoxy) is 1. The zero-order valence-electron chi connectivity index (χ0n) is 13.7. The van der Waals surface area contributed by atoms with Crippen LogP contribution in [0.5, 0.6) is 0 Å². The van der Waals surface area contributed by atoms with Crippen molar-refractivity contribution in [2.45, 2.75) is 53.0 Å². The molecular weight excluding hydrogens is 280 g/mol. The molecule has 1 saturated carbocycles. The molecule has 1 heterocycles. The largest absolute Gasteiger partial charge is 0.449 e. The van der Waals surface area contributed by atoms with Crippen molar-refractivity contribution in [3.8, 4) is 0 Å². The van der Waals surface area contributed by atoms with Crippen molar-refractivity contribution in [2.24, 2.45) is 28.9 Å². The van der Waals surface area contributed by atoms with Gasteiger partial charge in [-0.1, -0.05) is 26.0 Å². The number of carbonyl (C=O) groups is 1. The average Bonchev–Trinajstić information content (AvgIpc) is 2.90. The van der Waals surface area contributed by atoms with Gasteiger partial charge in [0.15, 0.2) is 0 Å². The molecule has 0 bridgehead atoms. The number of rotatable bonds is 3. The molecule has 1 aromatic rings. The zero-order chi connectivity index (χ0) is 15.9. The Morgan fingerprint density at radius 3 is 2.64 bits per heavy atom. The highest BCUT2D eigenvalue weighted by atomic mass is 16.5. The van der Waals surface area contributed by atoms with Crippen molar-refractivity contribution in [1.29, 1.82) is 0 Å². The third-order valence-electron chi connectivity index (χ3n) is 4.90. The summed E-state index contributed by atoms with van der Waals surface area (Å²) in [5, 5.41) is 8.77. The topological polar surface area (TPSA) is 83.0 Å². The predicted octanol–water partition coefficient (Wildman–Crippen LogP) is 2.16. The van der Waals surface area contributed by atoms with Crippen molar-refractivity contribution >= 4 is 6.09 Å². The van der Waals surface area contributed by atoms with E-state index in [-0.39, 0.29) is 5.41 Å². The molecule has 0 radical (unpaired) electrons. The number of primary amides is 1. The average molecular weight is 306 g/mol. The smallest absolute Gasteiger partial charge is 0.404 e. The van der Waals surface area contributed by atoms with Crippen LogP contribution in [0.25, 0.3) is 0 Å². The van der Waals surface area contributed by atoms with Gasteiger partial charge in [0.05, 0.1) is 18.0 Å². The van der Waals surface area contributed by atoms with E-state index in [2.05, 4.69) is 35.8 Å². The van der Waals surface area contributed by atoms with Gasteiger partial charge in [0.1, 0.15) is 0 Å². The van der Waals surface area contributed by atoms with Gasteiger partial charge < -0.3 is 10.5 Å². The normalized spacial score (nSPS) is 27.3. The fraction of sp³-hybridized carbons (Fsp3) is 0.812. The number of amides is 1. The standard InChI is InChI=1S/C16H26N4O2/c1-16(2,3)9-20-14-7-5-11-10(4-6-13(14)18-19-20)12(11)8-22-15(17)21/h10-12H,4-9H2,1-3H3,(H2,17,21)/t10-,11+,12-/m1/s1. The minimum Gasteiger partial charge on any atom is -0.449 e.